The number of aliphatic imine (C=N–C) groups is 1. The number of hydrogen-bond donors (Lipinski definition) is 0. The van der Waals surface area contributed by atoms with Crippen LogP contribution >= 0.6 is 0 Å². The SMILES string of the molecule is COc1ccc(N=Cc2c(OCc3ccc(F)cc3)ccc3ccccc23)cc1. The molecular weight excluding hydrogens is 365 g/mol. The van der Waals surface area contributed by atoms with E-state index < -0.39 is 0 Å². The molecule has 0 amide bonds. The lowest BCUT2D eigenvalue weighted by Gasteiger charge is -2.12. The zero-order chi connectivity index (χ0) is 20.1. The van der Waals surface area contributed by atoms with Gasteiger partial charge in [0.15, 0.2) is 0 Å². The highest BCUT2D eigenvalue weighted by molar-refractivity contribution is 6.03. The Bertz CT molecular complexity index is 1140. The number of fused-ring (bicyclic) bond motifs is 1. The van der Waals surface area contributed by atoms with Gasteiger partial charge in [-0.2, -0.15) is 0 Å². The Morgan fingerprint density at radius 2 is 1.62 bits per heavy atom. The fourth-order valence-corrected chi connectivity index (χ4v) is 3.08. The van der Waals surface area contributed by atoms with E-state index in [-0.39, 0.29) is 5.82 Å². The molecule has 0 saturated heterocycles. The van der Waals surface area contributed by atoms with Gasteiger partial charge in [-0.15, -0.1) is 0 Å². The van der Waals surface area contributed by atoms with Gasteiger partial charge in [0, 0.05) is 11.8 Å². The molecule has 0 aliphatic carbocycles. The van der Waals surface area contributed by atoms with Gasteiger partial charge in [0.1, 0.15) is 23.9 Å². The Morgan fingerprint density at radius 1 is 0.862 bits per heavy atom. The zero-order valence-electron chi connectivity index (χ0n) is 16.0. The van der Waals surface area contributed by atoms with Gasteiger partial charge in [-0.25, -0.2) is 4.39 Å². The minimum atomic E-state index is -0.258. The monoisotopic (exact) mass is 385 g/mol. The van der Waals surface area contributed by atoms with Crippen molar-refractivity contribution in [2.75, 3.05) is 7.11 Å². The Labute approximate surface area is 169 Å². The van der Waals surface area contributed by atoms with Crippen LogP contribution in [0.1, 0.15) is 11.1 Å². The van der Waals surface area contributed by atoms with Crippen LogP contribution in [0.2, 0.25) is 0 Å². The van der Waals surface area contributed by atoms with Crippen molar-refractivity contribution in [2.45, 2.75) is 6.61 Å². The van der Waals surface area contributed by atoms with Crippen molar-refractivity contribution in [3.8, 4) is 11.5 Å². The summed E-state index contributed by atoms with van der Waals surface area (Å²) in [7, 11) is 1.64. The van der Waals surface area contributed by atoms with E-state index in [0.717, 1.165) is 39.1 Å². The first-order valence-corrected chi connectivity index (χ1v) is 9.30. The van der Waals surface area contributed by atoms with Crippen molar-refractivity contribution in [1.82, 2.24) is 0 Å². The molecule has 0 saturated carbocycles. The second kappa shape index (κ2) is 8.57. The zero-order valence-corrected chi connectivity index (χ0v) is 16.0. The molecule has 0 unspecified atom stereocenters. The Kier molecular flexibility index (Phi) is 5.52. The molecule has 4 aromatic carbocycles. The van der Waals surface area contributed by atoms with E-state index in [1.165, 1.54) is 12.1 Å². The Balaban J connectivity index is 1.66. The van der Waals surface area contributed by atoms with Gasteiger partial charge >= 0.3 is 0 Å². The van der Waals surface area contributed by atoms with Crippen LogP contribution in [0.5, 0.6) is 11.5 Å². The van der Waals surface area contributed by atoms with Gasteiger partial charge in [-0.3, -0.25) is 4.99 Å². The predicted octanol–water partition coefficient (Wildman–Crippen LogP) is 6.32. The predicted molar refractivity (Wildman–Crippen MR) is 115 cm³/mol. The van der Waals surface area contributed by atoms with Crippen LogP contribution in [0.25, 0.3) is 10.8 Å². The first-order valence-electron chi connectivity index (χ1n) is 9.30. The summed E-state index contributed by atoms with van der Waals surface area (Å²) < 4.78 is 24.4. The fourth-order valence-electron chi connectivity index (χ4n) is 3.08. The van der Waals surface area contributed by atoms with Crippen LogP contribution < -0.4 is 9.47 Å². The maximum absolute atomic E-state index is 13.1. The fraction of sp³-hybridized carbons (Fsp3) is 0.0800. The Hall–Kier alpha value is -3.66. The topological polar surface area (TPSA) is 30.8 Å². The molecular formula is C25H20FNO2. The minimum absolute atomic E-state index is 0.258. The summed E-state index contributed by atoms with van der Waals surface area (Å²) in [5.41, 5.74) is 2.63. The molecule has 0 aliphatic heterocycles. The number of methoxy groups -OCH3 is 1. The van der Waals surface area contributed by atoms with Crippen molar-refractivity contribution in [2.24, 2.45) is 4.99 Å². The van der Waals surface area contributed by atoms with E-state index in [0.29, 0.717) is 6.61 Å². The van der Waals surface area contributed by atoms with Crippen molar-refractivity contribution in [3.05, 3.63) is 102 Å². The highest BCUT2D eigenvalue weighted by Crippen LogP contribution is 2.28. The van der Waals surface area contributed by atoms with E-state index in [1.54, 1.807) is 19.2 Å². The largest absolute Gasteiger partial charge is 0.497 e. The molecule has 0 fully saturated rings. The van der Waals surface area contributed by atoms with E-state index in [1.807, 2.05) is 54.7 Å². The van der Waals surface area contributed by atoms with Gasteiger partial charge in [-0.05, 0) is 58.8 Å². The molecule has 0 aromatic heterocycles. The summed E-state index contributed by atoms with van der Waals surface area (Å²) in [6.07, 6.45) is 1.82. The summed E-state index contributed by atoms with van der Waals surface area (Å²) in [5, 5.41) is 2.17. The smallest absolute Gasteiger partial charge is 0.129 e. The molecule has 3 nitrogen and oxygen atoms in total. The van der Waals surface area contributed by atoms with Gasteiger partial charge in [0.25, 0.3) is 0 Å². The lowest BCUT2D eigenvalue weighted by molar-refractivity contribution is 0.306. The second-order valence-electron chi connectivity index (χ2n) is 6.57. The molecule has 4 heteroatoms. The molecule has 0 spiro atoms. The maximum atomic E-state index is 13.1. The van der Waals surface area contributed by atoms with Gasteiger partial charge < -0.3 is 9.47 Å². The first kappa shape index (κ1) is 18.7. The van der Waals surface area contributed by atoms with Crippen molar-refractivity contribution in [3.63, 3.8) is 0 Å². The highest BCUT2D eigenvalue weighted by atomic mass is 19.1. The van der Waals surface area contributed by atoms with E-state index in [9.17, 15) is 4.39 Å². The van der Waals surface area contributed by atoms with Gasteiger partial charge in [0.2, 0.25) is 0 Å². The van der Waals surface area contributed by atoms with E-state index in [2.05, 4.69) is 17.1 Å². The third kappa shape index (κ3) is 4.43. The van der Waals surface area contributed by atoms with Crippen LogP contribution in [0, 0.1) is 5.82 Å². The average molecular weight is 385 g/mol. The lowest BCUT2D eigenvalue weighted by atomic mass is 10.0. The van der Waals surface area contributed by atoms with Gasteiger partial charge in [-0.1, -0.05) is 42.5 Å². The highest BCUT2D eigenvalue weighted by Gasteiger charge is 2.08. The number of rotatable bonds is 6. The summed E-state index contributed by atoms with van der Waals surface area (Å²) in [6.45, 7) is 0.349. The van der Waals surface area contributed by atoms with Crippen molar-refractivity contribution >= 4 is 22.7 Å². The van der Waals surface area contributed by atoms with E-state index >= 15 is 0 Å². The summed E-state index contributed by atoms with van der Waals surface area (Å²) >= 11 is 0. The first-order chi connectivity index (χ1) is 14.2. The normalized spacial score (nSPS) is 11.1. The molecule has 4 aromatic rings. The quantitative estimate of drug-likeness (QED) is 0.364. The molecule has 0 aliphatic rings. The summed E-state index contributed by atoms with van der Waals surface area (Å²) in [6, 6.07) is 26.0. The number of halogens is 1. The molecule has 0 radical (unpaired) electrons. The molecule has 0 heterocycles. The van der Waals surface area contributed by atoms with Crippen LogP contribution in [0.15, 0.2) is 89.9 Å². The second-order valence-corrected chi connectivity index (χ2v) is 6.57. The van der Waals surface area contributed by atoms with Crippen LogP contribution in [0.4, 0.5) is 10.1 Å². The van der Waals surface area contributed by atoms with Crippen LogP contribution in [0.3, 0.4) is 0 Å². The third-order valence-corrected chi connectivity index (χ3v) is 4.65. The average Bonchev–Trinajstić information content (AvgIpc) is 2.78. The summed E-state index contributed by atoms with van der Waals surface area (Å²) in [4.78, 5) is 4.62. The molecule has 144 valence electrons. The van der Waals surface area contributed by atoms with Crippen LogP contribution in [-0.2, 0) is 6.61 Å². The van der Waals surface area contributed by atoms with Crippen LogP contribution in [-0.4, -0.2) is 13.3 Å². The molecule has 29 heavy (non-hydrogen) atoms. The van der Waals surface area contributed by atoms with Gasteiger partial charge in [0.05, 0.1) is 12.8 Å². The number of ether oxygens (including phenoxy) is 2. The Morgan fingerprint density at radius 3 is 2.38 bits per heavy atom. The number of hydrogen-bond acceptors (Lipinski definition) is 3. The number of benzene rings is 4. The molecule has 0 bridgehead atoms. The third-order valence-electron chi connectivity index (χ3n) is 4.65. The summed E-state index contributed by atoms with van der Waals surface area (Å²) in [5.74, 6) is 1.26. The standard InChI is InChI=1S/C25H20FNO2/c1-28-22-13-11-21(12-14-22)27-16-24-23-5-3-2-4-19(23)8-15-25(24)29-17-18-6-9-20(26)10-7-18/h2-16H,17H2,1H3. The molecule has 0 N–H and O–H groups in total. The van der Waals surface area contributed by atoms with E-state index in [4.69, 9.17) is 9.47 Å². The van der Waals surface area contributed by atoms with Crippen molar-refractivity contribution in [1.29, 1.82) is 0 Å². The number of nitrogens with zero attached hydrogens (tertiary/aromatic N) is 1. The van der Waals surface area contributed by atoms with Crippen molar-refractivity contribution < 1.29 is 13.9 Å². The minimum Gasteiger partial charge on any atom is -0.497 e. The molecule has 0 atom stereocenters. The lowest BCUT2D eigenvalue weighted by Crippen LogP contribution is -1.99. The molecule has 4 rings (SSSR count). The maximum Gasteiger partial charge on any atom is 0.129 e.